The van der Waals surface area contributed by atoms with Crippen molar-refractivity contribution >= 4 is 17.5 Å². The standard InChI is InChI=1S/C12H16OS/c1-10-5-7-12(8-6-10)14-9-3-4-11(2)13/h5-8H,3-4,9H2,1-2H3. The zero-order chi connectivity index (χ0) is 10.4. The summed E-state index contributed by atoms with van der Waals surface area (Å²) >= 11 is 1.82. The summed E-state index contributed by atoms with van der Waals surface area (Å²) in [7, 11) is 0. The van der Waals surface area contributed by atoms with Crippen molar-refractivity contribution < 1.29 is 4.79 Å². The molecule has 0 atom stereocenters. The topological polar surface area (TPSA) is 17.1 Å². The third-order valence-corrected chi connectivity index (χ3v) is 3.06. The molecule has 0 heterocycles. The van der Waals surface area contributed by atoms with E-state index in [9.17, 15) is 4.79 Å². The largest absolute Gasteiger partial charge is 0.300 e. The minimum Gasteiger partial charge on any atom is -0.300 e. The first-order valence-corrected chi connectivity index (χ1v) is 5.86. The molecule has 14 heavy (non-hydrogen) atoms. The van der Waals surface area contributed by atoms with Crippen LogP contribution >= 0.6 is 11.8 Å². The average molecular weight is 208 g/mol. The van der Waals surface area contributed by atoms with Crippen molar-refractivity contribution in [2.45, 2.75) is 31.6 Å². The van der Waals surface area contributed by atoms with Crippen LogP contribution in [0.25, 0.3) is 0 Å². The van der Waals surface area contributed by atoms with Gasteiger partial charge < -0.3 is 4.79 Å². The summed E-state index contributed by atoms with van der Waals surface area (Å²) in [5, 5.41) is 0. The first kappa shape index (κ1) is 11.3. The number of benzene rings is 1. The van der Waals surface area contributed by atoms with Gasteiger partial charge >= 0.3 is 0 Å². The quantitative estimate of drug-likeness (QED) is 0.544. The number of Topliss-reactive ketones (excluding diaryl/α,β-unsaturated/α-hetero) is 1. The summed E-state index contributed by atoms with van der Waals surface area (Å²) in [6, 6.07) is 8.50. The molecule has 0 radical (unpaired) electrons. The second-order valence-corrected chi connectivity index (χ2v) is 4.64. The summed E-state index contributed by atoms with van der Waals surface area (Å²) in [5.41, 5.74) is 1.29. The van der Waals surface area contributed by atoms with Crippen molar-refractivity contribution in [2.75, 3.05) is 5.75 Å². The van der Waals surface area contributed by atoms with Gasteiger partial charge in [-0.05, 0) is 38.2 Å². The van der Waals surface area contributed by atoms with E-state index in [1.54, 1.807) is 6.92 Å². The number of ketones is 1. The number of thioether (sulfide) groups is 1. The first-order chi connectivity index (χ1) is 6.68. The molecule has 0 saturated carbocycles. The average Bonchev–Trinajstić information content (AvgIpc) is 2.15. The summed E-state index contributed by atoms with van der Waals surface area (Å²) in [5.74, 6) is 1.32. The molecule has 0 bridgehead atoms. The molecule has 0 aliphatic carbocycles. The Morgan fingerprint density at radius 2 is 1.93 bits per heavy atom. The Morgan fingerprint density at radius 3 is 2.50 bits per heavy atom. The summed E-state index contributed by atoms with van der Waals surface area (Å²) in [6.45, 7) is 3.74. The minimum atomic E-state index is 0.287. The molecule has 0 fully saturated rings. The van der Waals surface area contributed by atoms with Crippen LogP contribution in [-0.2, 0) is 4.79 Å². The molecule has 0 aliphatic rings. The second kappa shape index (κ2) is 5.86. The van der Waals surface area contributed by atoms with Gasteiger partial charge in [0.15, 0.2) is 0 Å². The zero-order valence-electron chi connectivity index (χ0n) is 8.75. The Bertz CT molecular complexity index is 290. The summed E-state index contributed by atoms with van der Waals surface area (Å²) < 4.78 is 0. The van der Waals surface area contributed by atoms with Gasteiger partial charge in [0.1, 0.15) is 5.78 Å². The number of hydrogen-bond acceptors (Lipinski definition) is 2. The van der Waals surface area contributed by atoms with Crippen LogP contribution in [0.5, 0.6) is 0 Å². The molecular formula is C12H16OS. The van der Waals surface area contributed by atoms with Crippen molar-refractivity contribution in [2.24, 2.45) is 0 Å². The van der Waals surface area contributed by atoms with Gasteiger partial charge in [-0.15, -0.1) is 11.8 Å². The molecule has 1 aromatic rings. The number of rotatable bonds is 5. The van der Waals surface area contributed by atoms with Crippen LogP contribution < -0.4 is 0 Å². The van der Waals surface area contributed by atoms with Gasteiger partial charge in [-0.25, -0.2) is 0 Å². The van der Waals surface area contributed by atoms with Gasteiger partial charge in [-0.3, -0.25) is 0 Å². The first-order valence-electron chi connectivity index (χ1n) is 4.87. The number of aryl methyl sites for hydroxylation is 1. The van der Waals surface area contributed by atoms with E-state index in [-0.39, 0.29) is 5.78 Å². The highest BCUT2D eigenvalue weighted by atomic mass is 32.2. The van der Waals surface area contributed by atoms with Gasteiger partial charge in [-0.2, -0.15) is 0 Å². The lowest BCUT2D eigenvalue weighted by Gasteiger charge is -2.00. The Kier molecular flexibility index (Phi) is 4.74. The van der Waals surface area contributed by atoms with Crippen molar-refractivity contribution in [1.29, 1.82) is 0 Å². The maximum absolute atomic E-state index is 10.7. The smallest absolute Gasteiger partial charge is 0.129 e. The zero-order valence-corrected chi connectivity index (χ0v) is 9.56. The van der Waals surface area contributed by atoms with Crippen molar-refractivity contribution in [3.8, 4) is 0 Å². The Hall–Kier alpha value is -0.760. The molecule has 0 aliphatic heterocycles. The molecule has 0 spiro atoms. The fourth-order valence-electron chi connectivity index (χ4n) is 1.15. The van der Waals surface area contributed by atoms with E-state index >= 15 is 0 Å². The number of carbonyl (C=O) groups is 1. The van der Waals surface area contributed by atoms with Crippen LogP contribution in [-0.4, -0.2) is 11.5 Å². The third kappa shape index (κ3) is 4.47. The highest BCUT2D eigenvalue weighted by Gasteiger charge is 1.96. The predicted molar refractivity (Wildman–Crippen MR) is 61.8 cm³/mol. The second-order valence-electron chi connectivity index (χ2n) is 3.47. The van der Waals surface area contributed by atoms with E-state index in [1.165, 1.54) is 10.5 Å². The Balaban J connectivity index is 2.25. The molecule has 2 heteroatoms. The third-order valence-electron chi connectivity index (χ3n) is 1.96. The van der Waals surface area contributed by atoms with Gasteiger partial charge in [0.25, 0.3) is 0 Å². The Morgan fingerprint density at radius 1 is 1.29 bits per heavy atom. The molecule has 0 amide bonds. The molecule has 1 rings (SSSR count). The highest BCUT2D eigenvalue weighted by molar-refractivity contribution is 7.99. The molecule has 0 unspecified atom stereocenters. The minimum absolute atomic E-state index is 0.287. The van der Waals surface area contributed by atoms with Crippen molar-refractivity contribution in [1.82, 2.24) is 0 Å². The van der Waals surface area contributed by atoms with E-state index in [2.05, 4.69) is 31.2 Å². The molecule has 76 valence electrons. The van der Waals surface area contributed by atoms with E-state index in [1.807, 2.05) is 11.8 Å². The van der Waals surface area contributed by atoms with Crippen LogP contribution in [0, 0.1) is 6.92 Å². The fraction of sp³-hybridized carbons (Fsp3) is 0.417. The van der Waals surface area contributed by atoms with Crippen LogP contribution in [0.4, 0.5) is 0 Å². The highest BCUT2D eigenvalue weighted by Crippen LogP contribution is 2.19. The molecule has 1 nitrogen and oxygen atoms in total. The maximum atomic E-state index is 10.7. The SMILES string of the molecule is CC(=O)CCCSc1ccc(C)cc1. The van der Waals surface area contributed by atoms with E-state index in [4.69, 9.17) is 0 Å². The molecule has 0 aromatic heterocycles. The normalized spacial score (nSPS) is 10.1. The maximum Gasteiger partial charge on any atom is 0.129 e. The van der Waals surface area contributed by atoms with Crippen LogP contribution in [0.2, 0.25) is 0 Å². The molecular weight excluding hydrogens is 192 g/mol. The summed E-state index contributed by atoms with van der Waals surface area (Å²) in [4.78, 5) is 12.0. The van der Waals surface area contributed by atoms with Gasteiger partial charge in [0.05, 0.1) is 0 Å². The summed E-state index contributed by atoms with van der Waals surface area (Å²) in [6.07, 6.45) is 1.69. The lowest BCUT2D eigenvalue weighted by atomic mass is 10.2. The lowest BCUT2D eigenvalue weighted by molar-refractivity contribution is -0.117. The van der Waals surface area contributed by atoms with Crippen molar-refractivity contribution in [3.63, 3.8) is 0 Å². The van der Waals surface area contributed by atoms with Gasteiger partial charge in [-0.1, -0.05) is 17.7 Å². The lowest BCUT2D eigenvalue weighted by Crippen LogP contribution is -1.90. The van der Waals surface area contributed by atoms with Crippen molar-refractivity contribution in [3.05, 3.63) is 29.8 Å². The monoisotopic (exact) mass is 208 g/mol. The Labute approximate surface area is 89.9 Å². The van der Waals surface area contributed by atoms with Gasteiger partial charge in [0, 0.05) is 11.3 Å². The van der Waals surface area contributed by atoms with E-state index in [0.29, 0.717) is 6.42 Å². The fourth-order valence-corrected chi connectivity index (χ4v) is 2.00. The number of carbonyl (C=O) groups excluding carboxylic acids is 1. The predicted octanol–water partition coefficient (Wildman–Crippen LogP) is 3.46. The van der Waals surface area contributed by atoms with Crippen LogP contribution in [0.1, 0.15) is 25.3 Å². The van der Waals surface area contributed by atoms with Gasteiger partial charge in [0.2, 0.25) is 0 Å². The molecule has 0 N–H and O–H groups in total. The number of hydrogen-bond donors (Lipinski definition) is 0. The van der Waals surface area contributed by atoms with E-state index < -0.39 is 0 Å². The van der Waals surface area contributed by atoms with Crippen LogP contribution in [0.3, 0.4) is 0 Å². The van der Waals surface area contributed by atoms with Crippen LogP contribution in [0.15, 0.2) is 29.2 Å². The molecule has 1 aromatic carbocycles. The van der Waals surface area contributed by atoms with E-state index in [0.717, 1.165) is 12.2 Å². The molecule has 0 saturated heterocycles.